The summed E-state index contributed by atoms with van der Waals surface area (Å²) in [6.45, 7) is 0. The molecule has 4 nitrogen and oxygen atoms in total. The monoisotopic (exact) mass is 339 g/mol. The number of rotatable bonds is 2. The molecule has 1 aromatic heterocycles. The number of carbonyl (C=O) groups is 1. The molecule has 0 saturated heterocycles. The molecule has 1 amide bonds. The Balaban J connectivity index is 2.21. The summed E-state index contributed by atoms with van der Waals surface area (Å²) >= 11 is 18.2. The zero-order valence-electron chi connectivity index (χ0n) is 10.5. The van der Waals surface area contributed by atoms with Crippen molar-refractivity contribution in [1.29, 1.82) is 0 Å². The number of carbonyl (C=O) groups excluding carboxylic acids is 1. The predicted molar refractivity (Wildman–Crippen MR) is 85.1 cm³/mol. The van der Waals surface area contributed by atoms with Crippen LogP contribution in [0.25, 0.3) is 22.4 Å². The highest BCUT2D eigenvalue weighted by atomic mass is 35.5. The summed E-state index contributed by atoms with van der Waals surface area (Å²) in [5, 5.41) is 1.34. The van der Waals surface area contributed by atoms with Gasteiger partial charge in [-0.15, -0.1) is 0 Å². The van der Waals surface area contributed by atoms with Crippen LogP contribution in [0, 0.1) is 0 Å². The number of amides is 1. The molecule has 0 aliphatic carbocycles. The van der Waals surface area contributed by atoms with E-state index in [1.807, 2.05) is 0 Å². The van der Waals surface area contributed by atoms with Gasteiger partial charge in [-0.3, -0.25) is 4.79 Å². The van der Waals surface area contributed by atoms with E-state index in [-0.39, 0.29) is 0 Å². The van der Waals surface area contributed by atoms with Crippen LogP contribution in [0.1, 0.15) is 10.4 Å². The van der Waals surface area contributed by atoms with E-state index in [9.17, 15) is 4.79 Å². The first-order chi connectivity index (χ1) is 9.95. The lowest BCUT2D eigenvalue weighted by molar-refractivity contribution is 0.100. The molecule has 0 saturated carbocycles. The van der Waals surface area contributed by atoms with Gasteiger partial charge in [0, 0.05) is 16.1 Å². The summed E-state index contributed by atoms with van der Waals surface area (Å²) in [5.74, 6) is -0.0188. The Bertz CT molecular complexity index is 873. The first-order valence-corrected chi connectivity index (χ1v) is 7.03. The molecular formula is C14H8Cl3N3O. The Hall–Kier alpha value is -1.75. The molecule has 0 atom stereocenters. The van der Waals surface area contributed by atoms with Crippen LogP contribution in [0.4, 0.5) is 0 Å². The van der Waals surface area contributed by atoms with E-state index in [1.165, 1.54) is 6.07 Å². The molecule has 106 valence electrons. The average molecular weight is 341 g/mol. The first-order valence-electron chi connectivity index (χ1n) is 5.90. The Kier molecular flexibility index (Phi) is 3.53. The Morgan fingerprint density at radius 1 is 1.10 bits per heavy atom. The van der Waals surface area contributed by atoms with E-state index in [1.54, 1.807) is 24.3 Å². The first kappa shape index (κ1) is 14.2. The maximum atomic E-state index is 11.3. The standard InChI is InChI=1S/C14H8Cl3N3O/c15-7-1-2-8(9(16)5-7)14-19-11-4-6(13(18)21)3-10(17)12(11)20-14/h1-5H,(H2,18,21)(H,19,20). The number of hydrogen-bond acceptors (Lipinski definition) is 2. The van der Waals surface area contributed by atoms with Gasteiger partial charge in [-0.25, -0.2) is 4.98 Å². The second-order valence-corrected chi connectivity index (χ2v) is 5.68. The van der Waals surface area contributed by atoms with Gasteiger partial charge in [-0.05, 0) is 30.3 Å². The number of benzene rings is 2. The van der Waals surface area contributed by atoms with Crippen LogP contribution in [0.2, 0.25) is 15.1 Å². The van der Waals surface area contributed by atoms with Crippen LogP contribution in [0.3, 0.4) is 0 Å². The number of nitrogens with one attached hydrogen (secondary N) is 1. The van der Waals surface area contributed by atoms with Gasteiger partial charge in [-0.1, -0.05) is 34.8 Å². The number of nitrogens with two attached hydrogens (primary N) is 1. The maximum absolute atomic E-state index is 11.3. The van der Waals surface area contributed by atoms with Gasteiger partial charge in [0.15, 0.2) is 0 Å². The number of fused-ring (bicyclic) bond motifs is 1. The third-order valence-electron chi connectivity index (χ3n) is 3.01. The van der Waals surface area contributed by atoms with Crippen molar-refractivity contribution in [3.63, 3.8) is 0 Å². The number of primary amides is 1. The zero-order chi connectivity index (χ0) is 15.1. The van der Waals surface area contributed by atoms with Gasteiger partial charge in [0.1, 0.15) is 11.3 Å². The molecule has 0 bridgehead atoms. The smallest absolute Gasteiger partial charge is 0.248 e. The number of halogens is 3. The van der Waals surface area contributed by atoms with E-state index >= 15 is 0 Å². The van der Waals surface area contributed by atoms with Gasteiger partial charge < -0.3 is 10.7 Å². The van der Waals surface area contributed by atoms with Gasteiger partial charge in [-0.2, -0.15) is 0 Å². The largest absolute Gasteiger partial charge is 0.366 e. The molecule has 2 aromatic carbocycles. The summed E-state index contributed by atoms with van der Waals surface area (Å²) in [7, 11) is 0. The van der Waals surface area contributed by atoms with Gasteiger partial charge in [0.2, 0.25) is 5.91 Å². The number of imidazole rings is 1. The predicted octanol–water partition coefficient (Wildman–Crippen LogP) is 4.29. The minimum absolute atomic E-state index is 0.310. The fourth-order valence-electron chi connectivity index (χ4n) is 2.03. The van der Waals surface area contributed by atoms with Crippen molar-refractivity contribution in [2.75, 3.05) is 0 Å². The van der Waals surface area contributed by atoms with E-state index < -0.39 is 5.91 Å². The summed E-state index contributed by atoms with van der Waals surface area (Å²) in [4.78, 5) is 18.7. The average Bonchev–Trinajstić information content (AvgIpc) is 2.82. The SMILES string of the molecule is NC(=O)c1cc(Cl)c2nc(-c3ccc(Cl)cc3Cl)[nH]c2c1. The second-order valence-electron chi connectivity index (χ2n) is 4.43. The molecule has 0 spiro atoms. The van der Waals surface area contributed by atoms with E-state index in [0.29, 0.717) is 43.1 Å². The Morgan fingerprint density at radius 3 is 2.52 bits per heavy atom. The van der Waals surface area contributed by atoms with Crippen molar-refractivity contribution in [2.24, 2.45) is 5.73 Å². The summed E-state index contributed by atoms with van der Waals surface area (Å²) < 4.78 is 0. The van der Waals surface area contributed by atoms with Crippen LogP contribution < -0.4 is 5.73 Å². The van der Waals surface area contributed by atoms with Gasteiger partial charge in [0.05, 0.1) is 15.6 Å². The van der Waals surface area contributed by atoms with Crippen LogP contribution >= 0.6 is 34.8 Å². The molecular weight excluding hydrogens is 333 g/mol. The van der Waals surface area contributed by atoms with Crippen molar-refractivity contribution in [3.05, 3.63) is 51.0 Å². The van der Waals surface area contributed by atoms with Crippen molar-refractivity contribution < 1.29 is 4.79 Å². The normalized spacial score (nSPS) is 11.0. The number of aromatic amines is 1. The second kappa shape index (κ2) is 5.22. The molecule has 3 rings (SSSR count). The minimum Gasteiger partial charge on any atom is -0.366 e. The van der Waals surface area contributed by atoms with E-state index in [2.05, 4.69) is 9.97 Å². The number of aromatic nitrogens is 2. The number of hydrogen-bond donors (Lipinski definition) is 2. The topological polar surface area (TPSA) is 71.8 Å². The minimum atomic E-state index is -0.556. The van der Waals surface area contributed by atoms with Gasteiger partial charge >= 0.3 is 0 Å². The molecule has 0 aliphatic rings. The molecule has 7 heteroatoms. The molecule has 1 heterocycles. The molecule has 0 unspecified atom stereocenters. The molecule has 0 aliphatic heterocycles. The summed E-state index contributed by atoms with van der Waals surface area (Å²) in [6.07, 6.45) is 0. The van der Waals surface area contributed by atoms with Gasteiger partial charge in [0.25, 0.3) is 0 Å². The van der Waals surface area contributed by atoms with Crippen molar-refractivity contribution >= 4 is 51.7 Å². The molecule has 0 fully saturated rings. The van der Waals surface area contributed by atoms with Crippen molar-refractivity contribution in [1.82, 2.24) is 9.97 Å². The van der Waals surface area contributed by atoms with Crippen LogP contribution in [0.5, 0.6) is 0 Å². The van der Waals surface area contributed by atoms with E-state index in [0.717, 1.165) is 0 Å². The van der Waals surface area contributed by atoms with Crippen LogP contribution in [0.15, 0.2) is 30.3 Å². The quantitative estimate of drug-likeness (QED) is 0.730. The van der Waals surface area contributed by atoms with Crippen molar-refractivity contribution in [2.45, 2.75) is 0 Å². The lowest BCUT2D eigenvalue weighted by atomic mass is 10.2. The highest BCUT2D eigenvalue weighted by molar-refractivity contribution is 6.37. The fourth-order valence-corrected chi connectivity index (χ4v) is 2.79. The third kappa shape index (κ3) is 2.58. The van der Waals surface area contributed by atoms with E-state index in [4.69, 9.17) is 40.5 Å². The molecule has 21 heavy (non-hydrogen) atoms. The number of nitrogens with zero attached hydrogens (tertiary/aromatic N) is 1. The van der Waals surface area contributed by atoms with Crippen LogP contribution in [-0.4, -0.2) is 15.9 Å². The molecule has 3 N–H and O–H groups in total. The molecule has 0 radical (unpaired) electrons. The lowest BCUT2D eigenvalue weighted by Crippen LogP contribution is -2.10. The fraction of sp³-hybridized carbons (Fsp3) is 0. The zero-order valence-corrected chi connectivity index (χ0v) is 12.7. The Labute approximate surface area is 134 Å². The van der Waals surface area contributed by atoms with Crippen LogP contribution in [-0.2, 0) is 0 Å². The Morgan fingerprint density at radius 2 is 1.86 bits per heavy atom. The molecule has 3 aromatic rings. The highest BCUT2D eigenvalue weighted by Gasteiger charge is 2.13. The third-order valence-corrected chi connectivity index (χ3v) is 3.85. The maximum Gasteiger partial charge on any atom is 0.248 e. The number of H-pyrrole nitrogens is 1. The summed E-state index contributed by atoms with van der Waals surface area (Å²) in [5.41, 5.74) is 7.42. The van der Waals surface area contributed by atoms with Crippen molar-refractivity contribution in [3.8, 4) is 11.4 Å². The highest BCUT2D eigenvalue weighted by Crippen LogP contribution is 2.32. The summed E-state index contributed by atoms with van der Waals surface area (Å²) in [6, 6.07) is 8.18. The lowest BCUT2D eigenvalue weighted by Gasteiger charge is -2.00.